The van der Waals surface area contributed by atoms with Crippen molar-refractivity contribution in [3.63, 3.8) is 0 Å². The summed E-state index contributed by atoms with van der Waals surface area (Å²) in [5, 5.41) is 54.3. The van der Waals surface area contributed by atoms with Crippen molar-refractivity contribution in [2.24, 2.45) is 0 Å². The van der Waals surface area contributed by atoms with Crippen molar-refractivity contribution in [3.05, 3.63) is 48.6 Å². The highest BCUT2D eigenvalue weighted by atomic mass is 16.7. The molecule has 1 saturated heterocycles. The highest BCUT2D eigenvalue weighted by Gasteiger charge is 2.44. The van der Waals surface area contributed by atoms with Crippen LogP contribution in [0.25, 0.3) is 0 Å². The maximum atomic E-state index is 13.0. The number of hydrogen-bond acceptors (Lipinski definition) is 10. The molecule has 0 aromatic carbocycles. The molecule has 7 unspecified atom stereocenters. The second-order valence-corrected chi connectivity index (χ2v) is 22.1. The van der Waals surface area contributed by atoms with E-state index in [-0.39, 0.29) is 18.5 Å². The van der Waals surface area contributed by atoms with Gasteiger partial charge in [-0.3, -0.25) is 9.59 Å². The van der Waals surface area contributed by atoms with Crippen LogP contribution in [0.3, 0.4) is 0 Å². The van der Waals surface area contributed by atoms with Gasteiger partial charge < -0.3 is 45.1 Å². The lowest BCUT2D eigenvalue weighted by molar-refractivity contribution is -0.302. The second kappa shape index (κ2) is 54.6. The first-order chi connectivity index (χ1) is 37.2. The average Bonchev–Trinajstić information content (AvgIpc) is 3.42. The third-order valence-corrected chi connectivity index (χ3v) is 14.9. The molecule has 0 aromatic rings. The molecule has 7 atom stereocenters. The first kappa shape index (κ1) is 71.6. The van der Waals surface area contributed by atoms with Gasteiger partial charge in [-0.2, -0.15) is 0 Å². The van der Waals surface area contributed by atoms with E-state index in [9.17, 15) is 35.1 Å². The van der Waals surface area contributed by atoms with Gasteiger partial charge in [-0.05, 0) is 89.9 Å². The molecular weight excluding hydrogens is 955 g/mol. The van der Waals surface area contributed by atoms with Gasteiger partial charge in [0, 0.05) is 12.8 Å². The lowest BCUT2D eigenvalue weighted by atomic mass is 9.99. The molecule has 1 fully saturated rings. The number of allylic oxidation sites excluding steroid dienone is 7. The summed E-state index contributed by atoms with van der Waals surface area (Å²) in [6.07, 6.45) is 59.3. The van der Waals surface area contributed by atoms with Crippen LogP contribution in [0, 0.1) is 0 Å². The van der Waals surface area contributed by atoms with E-state index in [4.69, 9.17) is 14.2 Å². The molecule has 0 aliphatic carbocycles. The van der Waals surface area contributed by atoms with Gasteiger partial charge in [-0.25, -0.2) is 0 Å². The van der Waals surface area contributed by atoms with Crippen molar-refractivity contribution >= 4 is 11.9 Å². The summed E-state index contributed by atoms with van der Waals surface area (Å²) < 4.78 is 16.7. The van der Waals surface area contributed by atoms with Crippen LogP contribution in [0.2, 0.25) is 0 Å². The van der Waals surface area contributed by atoms with Crippen molar-refractivity contribution in [1.29, 1.82) is 0 Å². The van der Waals surface area contributed by atoms with Crippen LogP contribution in [0.4, 0.5) is 0 Å². The standard InChI is InChI=1S/C65H119NO10/c1-3-5-7-9-11-13-15-33-37-41-45-49-53-61(70)74-54-50-46-42-38-34-30-28-26-24-22-20-18-16-17-19-21-23-25-27-29-32-36-40-44-48-52-60(69)66-57(56-75-65-64(73)63(72)62(71)59(55-67)76-65)58(68)51-47-43-39-35-31-14-12-10-8-6-4-2/h11,13,17-20,47,51,57-59,62-65,67-68,71-73H,3-10,12,14-16,21-46,48-50,52-56H2,1-2H3,(H,66,69)/b13-11-,19-17-,20-18-,51-47+. The third kappa shape index (κ3) is 43.5. The minimum Gasteiger partial charge on any atom is -0.466 e. The lowest BCUT2D eigenvalue weighted by Gasteiger charge is -2.40. The lowest BCUT2D eigenvalue weighted by Crippen LogP contribution is -2.60. The first-order valence-electron chi connectivity index (χ1n) is 31.9. The zero-order chi connectivity index (χ0) is 55.2. The fraction of sp³-hybridized carbons (Fsp3) is 0.846. The maximum Gasteiger partial charge on any atom is 0.305 e. The summed E-state index contributed by atoms with van der Waals surface area (Å²) in [5.74, 6) is -0.201. The van der Waals surface area contributed by atoms with Gasteiger partial charge in [-0.15, -0.1) is 0 Å². The Morgan fingerprint density at radius 3 is 1.37 bits per heavy atom. The number of carbonyl (C=O) groups excluding carboxylic acids is 2. The molecule has 76 heavy (non-hydrogen) atoms. The Bertz CT molecular complexity index is 1400. The second-order valence-electron chi connectivity index (χ2n) is 22.1. The van der Waals surface area contributed by atoms with Gasteiger partial charge in [0.2, 0.25) is 5.91 Å². The van der Waals surface area contributed by atoms with Crippen molar-refractivity contribution < 1.29 is 49.3 Å². The smallest absolute Gasteiger partial charge is 0.305 e. The minimum absolute atomic E-state index is 0.0121. The fourth-order valence-corrected chi connectivity index (χ4v) is 9.81. The molecule has 11 nitrogen and oxygen atoms in total. The predicted molar refractivity (Wildman–Crippen MR) is 315 cm³/mol. The minimum atomic E-state index is -1.57. The van der Waals surface area contributed by atoms with Gasteiger partial charge in [0.15, 0.2) is 6.29 Å². The molecule has 1 aliphatic rings. The number of rotatable bonds is 55. The number of aliphatic hydroxyl groups is 5. The predicted octanol–water partition coefficient (Wildman–Crippen LogP) is 15.2. The molecule has 6 N–H and O–H groups in total. The molecule has 444 valence electrons. The van der Waals surface area contributed by atoms with E-state index in [1.54, 1.807) is 6.08 Å². The van der Waals surface area contributed by atoms with Crippen LogP contribution in [-0.4, -0.2) is 100 Å². The Labute approximate surface area is 466 Å². The Balaban J connectivity index is 2.03. The maximum absolute atomic E-state index is 13.0. The zero-order valence-electron chi connectivity index (χ0n) is 49.0. The summed E-state index contributed by atoms with van der Waals surface area (Å²) >= 11 is 0. The molecule has 1 amide bonds. The molecule has 0 bridgehead atoms. The van der Waals surface area contributed by atoms with Crippen LogP contribution in [0.5, 0.6) is 0 Å². The molecule has 0 saturated carbocycles. The number of amides is 1. The number of hydrogen-bond donors (Lipinski definition) is 6. The van der Waals surface area contributed by atoms with Gasteiger partial charge in [-0.1, -0.05) is 236 Å². The van der Waals surface area contributed by atoms with E-state index in [1.165, 1.54) is 180 Å². The van der Waals surface area contributed by atoms with E-state index >= 15 is 0 Å². The number of aliphatic hydroxyl groups excluding tert-OH is 5. The van der Waals surface area contributed by atoms with Crippen LogP contribution in [0.15, 0.2) is 48.6 Å². The van der Waals surface area contributed by atoms with E-state index in [2.05, 4.69) is 55.6 Å². The number of carbonyl (C=O) groups is 2. The van der Waals surface area contributed by atoms with Crippen molar-refractivity contribution in [2.45, 2.75) is 333 Å². The summed E-state index contributed by atoms with van der Waals surface area (Å²) in [6, 6.07) is -0.814. The van der Waals surface area contributed by atoms with E-state index in [1.807, 2.05) is 6.08 Å². The fourth-order valence-electron chi connectivity index (χ4n) is 9.81. The third-order valence-electron chi connectivity index (χ3n) is 14.9. The summed E-state index contributed by atoms with van der Waals surface area (Å²) in [7, 11) is 0. The summed E-state index contributed by atoms with van der Waals surface area (Å²) in [5.41, 5.74) is 0. The zero-order valence-corrected chi connectivity index (χ0v) is 49.0. The largest absolute Gasteiger partial charge is 0.466 e. The van der Waals surface area contributed by atoms with Gasteiger partial charge >= 0.3 is 5.97 Å². The van der Waals surface area contributed by atoms with E-state index in [0.717, 1.165) is 83.5 Å². The normalized spacial score (nSPS) is 19.0. The Morgan fingerprint density at radius 1 is 0.487 bits per heavy atom. The molecule has 1 heterocycles. The molecule has 1 rings (SSSR count). The van der Waals surface area contributed by atoms with Crippen molar-refractivity contribution in [3.8, 4) is 0 Å². The van der Waals surface area contributed by atoms with Crippen LogP contribution in [-0.2, 0) is 23.8 Å². The highest BCUT2D eigenvalue weighted by molar-refractivity contribution is 5.76. The molecule has 11 heteroatoms. The topological polar surface area (TPSA) is 175 Å². The number of unbranched alkanes of at least 4 members (excludes halogenated alkanes) is 35. The molecule has 0 aromatic heterocycles. The summed E-state index contributed by atoms with van der Waals surface area (Å²) in [4.78, 5) is 25.0. The van der Waals surface area contributed by atoms with E-state index < -0.39 is 49.5 Å². The van der Waals surface area contributed by atoms with E-state index in [0.29, 0.717) is 19.4 Å². The van der Waals surface area contributed by atoms with Crippen LogP contribution >= 0.6 is 0 Å². The monoisotopic (exact) mass is 1070 g/mol. The Hall–Kier alpha value is -2.38. The van der Waals surface area contributed by atoms with Gasteiger partial charge in [0.1, 0.15) is 24.4 Å². The molecular formula is C65H119NO10. The van der Waals surface area contributed by atoms with Crippen molar-refractivity contribution in [2.75, 3.05) is 19.8 Å². The summed E-state index contributed by atoms with van der Waals surface area (Å²) in [6.45, 7) is 4.30. The number of nitrogens with one attached hydrogen (secondary N) is 1. The quantitative estimate of drug-likeness (QED) is 0.0195. The average molecular weight is 1070 g/mol. The van der Waals surface area contributed by atoms with Gasteiger partial charge in [0.25, 0.3) is 0 Å². The first-order valence-corrected chi connectivity index (χ1v) is 31.9. The molecule has 1 aliphatic heterocycles. The van der Waals surface area contributed by atoms with Gasteiger partial charge in [0.05, 0.1) is 32.0 Å². The van der Waals surface area contributed by atoms with Crippen molar-refractivity contribution in [1.82, 2.24) is 5.32 Å². The molecule has 0 radical (unpaired) electrons. The molecule has 0 spiro atoms. The number of esters is 1. The Morgan fingerprint density at radius 2 is 0.882 bits per heavy atom. The highest BCUT2D eigenvalue weighted by Crippen LogP contribution is 2.23. The number of ether oxygens (including phenoxy) is 3. The SMILES string of the molecule is CCCCC/C=C\CCCCCCCC(=O)OCCCCCCCCCCC/C=C\C/C=C\CCCCCCCCCCCC(=O)NC(COC1OC(CO)C(O)C(O)C1O)C(O)/C=C/CCCCCCCCCCC. The van der Waals surface area contributed by atoms with Crippen LogP contribution in [0.1, 0.15) is 290 Å². The van der Waals surface area contributed by atoms with Crippen LogP contribution < -0.4 is 5.32 Å². The Kier molecular flexibility index (Phi) is 51.4.